The molecule has 2 rings (SSSR count). The van der Waals surface area contributed by atoms with Gasteiger partial charge in [-0.2, -0.15) is 0 Å². The Bertz CT molecular complexity index is 643. The summed E-state index contributed by atoms with van der Waals surface area (Å²) in [5.41, 5.74) is 0.445. The van der Waals surface area contributed by atoms with Crippen LogP contribution in [0.1, 0.15) is 15.9 Å². The number of rotatable bonds is 3. The molecule has 0 aliphatic heterocycles. The summed E-state index contributed by atoms with van der Waals surface area (Å²) in [6.07, 6.45) is 0. The van der Waals surface area contributed by atoms with Gasteiger partial charge >= 0.3 is 0 Å². The van der Waals surface area contributed by atoms with E-state index in [1.54, 1.807) is 18.2 Å². The van der Waals surface area contributed by atoms with Crippen LogP contribution < -0.4 is 4.74 Å². The summed E-state index contributed by atoms with van der Waals surface area (Å²) in [4.78, 5) is 12.4. The molecule has 19 heavy (non-hydrogen) atoms. The van der Waals surface area contributed by atoms with Crippen molar-refractivity contribution in [2.45, 2.75) is 0 Å². The number of ether oxygens (including phenoxy) is 1. The summed E-state index contributed by atoms with van der Waals surface area (Å²) in [6, 6.07) is 8.66. The van der Waals surface area contributed by atoms with Crippen LogP contribution in [0.15, 0.2) is 40.9 Å². The van der Waals surface area contributed by atoms with E-state index in [1.807, 2.05) is 0 Å². The van der Waals surface area contributed by atoms with Gasteiger partial charge in [-0.1, -0.05) is 27.5 Å². The van der Waals surface area contributed by atoms with Gasteiger partial charge in [-0.3, -0.25) is 4.79 Å². The molecule has 0 unspecified atom stereocenters. The van der Waals surface area contributed by atoms with E-state index in [4.69, 9.17) is 16.3 Å². The monoisotopic (exact) mass is 342 g/mol. The van der Waals surface area contributed by atoms with Crippen molar-refractivity contribution in [1.29, 1.82) is 0 Å². The Labute approximate surface area is 123 Å². The summed E-state index contributed by atoms with van der Waals surface area (Å²) in [5, 5.41) is 0.205. The van der Waals surface area contributed by atoms with Crippen LogP contribution in [0.25, 0.3) is 0 Å². The molecule has 0 N–H and O–H groups in total. The van der Waals surface area contributed by atoms with Crippen LogP contribution in [-0.4, -0.2) is 12.9 Å². The largest absolute Gasteiger partial charge is 0.496 e. The van der Waals surface area contributed by atoms with Crippen LogP contribution in [0.5, 0.6) is 5.75 Å². The van der Waals surface area contributed by atoms with Crippen LogP contribution in [-0.2, 0) is 0 Å². The third-order valence-corrected chi connectivity index (χ3v) is 3.40. The van der Waals surface area contributed by atoms with Crippen molar-refractivity contribution in [3.8, 4) is 5.75 Å². The second-order valence-electron chi connectivity index (χ2n) is 3.80. The van der Waals surface area contributed by atoms with E-state index in [1.165, 1.54) is 19.2 Å². The molecule has 0 bridgehead atoms. The molecule has 2 aromatic carbocycles. The molecule has 98 valence electrons. The Kier molecular flexibility index (Phi) is 4.22. The number of ketones is 1. The smallest absolute Gasteiger partial charge is 0.198 e. The van der Waals surface area contributed by atoms with Gasteiger partial charge in [0.2, 0.25) is 0 Å². The van der Waals surface area contributed by atoms with Gasteiger partial charge in [0.25, 0.3) is 0 Å². The van der Waals surface area contributed by atoms with Gasteiger partial charge in [0.15, 0.2) is 5.78 Å². The highest BCUT2D eigenvalue weighted by Gasteiger charge is 2.18. The summed E-state index contributed by atoms with van der Waals surface area (Å²) in [6.45, 7) is 0. The number of benzene rings is 2. The number of hydrogen-bond acceptors (Lipinski definition) is 2. The molecule has 5 heteroatoms. The van der Waals surface area contributed by atoms with E-state index in [2.05, 4.69) is 15.9 Å². The number of hydrogen-bond donors (Lipinski definition) is 0. The third kappa shape index (κ3) is 2.96. The van der Waals surface area contributed by atoms with Gasteiger partial charge < -0.3 is 4.74 Å². The summed E-state index contributed by atoms with van der Waals surface area (Å²) in [7, 11) is 1.46. The molecule has 0 atom stereocenters. The number of carbonyl (C=O) groups is 1. The highest BCUT2D eigenvalue weighted by Crippen LogP contribution is 2.28. The SMILES string of the molecule is COc1cc(Br)ccc1C(=O)c1cc(F)ccc1Cl. The molecule has 0 amide bonds. The minimum atomic E-state index is -0.510. The number of methoxy groups -OCH3 is 1. The fraction of sp³-hybridized carbons (Fsp3) is 0.0714. The fourth-order valence-electron chi connectivity index (χ4n) is 1.67. The minimum Gasteiger partial charge on any atom is -0.496 e. The molecule has 0 aliphatic rings. The minimum absolute atomic E-state index is 0.113. The molecule has 0 spiro atoms. The molecular formula is C14H9BrClFO2. The van der Waals surface area contributed by atoms with E-state index in [9.17, 15) is 9.18 Å². The van der Waals surface area contributed by atoms with E-state index >= 15 is 0 Å². The van der Waals surface area contributed by atoms with Crippen molar-refractivity contribution in [3.05, 3.63) is 62.8 Å². The molecule has 0 fully saturated rings. The van der Waals surface area contributed by atoms with Gasteiger partial charge in [0.05, 0.1) is 17.7 Å². The zero-order valence-electron chi connectivity index (χ0n) is 9.91. The van der Waals surface area contributed by atoms with Gasteiger partial charge in [0.1, 0.15) is 11.6 Å². The maximum Gasteiger partial charge on any atom is 0.198 e. The highest BCUT2D eigenvalue weighted by atomic mass is 79.9. The maximum atomic E-state index is 13.2. The topological polar surface area (TPSA) is 26.3 Å². The van der Waals surface area contributed by atoms with Crippen molar-refractivity contribution in [2.75, 3.05) is 7.11 Å². The van der Waals surface area contributed by atoms with E-state index in [-0.39, 0.29) is 16.4 Å². The molecule has 0 radical (unpaired) electrons. The Balaban J connectivity index is 2.53. The molecule has 0 aromatic heterocycles. The molecule has 2 aromatic rings. The van der Waals surface area contributed by atoms with Crippen LogP contribution in [0.2, 0.25) is 5.02 Å². The van der Waals surface area contributed by atoms with E-state index < -0.39 is 5.82 Å². The normalized spacial score (nSPS) is 10.3. The van der Waals surface area contributed by atoms with Crippen molar-refractivity contribution >= 4 is 33.3 Å². The standard InChI is InChI=1S/C14H9BrClFO2/c1-19-13-6-8(15)2-4-10(13)14(18)11-7-9(17)3-5-12(11)16/h2-7H,1H3. The maximum absolute atomic E-state index is 13.2. The van der Waals surface area contributed by atoms with E-state index in [0.717, 1.165) is 10.5 Å². The number of carbonyl (C=O) groups excluding carboxylic acids is 1. The Morgan fingerprint density at radius 1 is 1.21 bits per heavy atom. The van der Waals surface area contributed by atoms with Crippen LogP contribution in [0, 0.1) is 5.82 Å². The first-order chi connectivity index (χ1) is 9.02. The molecule has 0 aliphatic carbocycles. The van der Waals surface area contributed by atoms with Gasteiger partial charge in [-0.15, -0.1) is 0 Å². The Morgan fingerprint density at radius 3 is 2.63 bits per heavy atom. The Morgan fingerprint density at radius 2 is 1.95 bits per heavy atom. The van der Waals surface area contributed by atoms with E-state index in [0.29, 0.717) is 11.3 Å². The third-order valence-electron chi connectivity index (χ3n) is 2.58. The van der Waals surface area contributed by atoms with Crippen LogP contribution in [0.4, 0.5) is 4.39 Å². The molecule has 0 saturated carbocycles. The first-order valence-corrected chi connectivity index (χ1v) is 6.53. The average Bonchev–Trinajstić information content (AvgIpc) is 2.40. The quantitative estimate of drug-likeness (QED) is 0.768. The molecule has 2 nitrogen and oxygen atoms in total. The first kappa shape index (κ1) is 14.0. The fourth-order valence-corrected chi connectivity index (χ4v) is 2.21. The second kappa shape index (κ2) is 5.72. The summed E-state index contributed by atoms with van der Waals surface area (Å²) in [5.74, 6) is -0.489. The lowest BCUT2D eigenvalue weighted by Crippen LogP contribution is -2.05. The lowest BCUT2D eigenvalue weighted by molar-refractivity contribution is 0.103. The Hall–Kier alpha value is -1.39. The molecular weight excluding hydrogens is 335 g/mol. The zero-order valence-corrected chi connectivity index (χ0v) is 12.3. The van der Waals surface area contributed by atoms with Crippen LogP contribution in [0.3, 0.4) is 0 Å². The molecule has 0 heterocycles. The summed E-state index contributed by atoms with van der Waals surface area (Å²) >= 11 is 9.22. The van der Waals surface area contributed by atoms with Crippen molar-refractivity contribution < 1.29 is 13.9 Å². The zero-order chi connectivity index (χ0) is 14.0. The predicted molar refractivity (Wildman–Crippen MR) is 75.5 cm³/mol. The highest BCUT2D eigenvalue weighted by molar-refractivity contribution is 9.10. The van der Waals surface area contributed by atoms with Gasteiger partial charge in [-0.05, 0) is 36.4 Å². The summed E-state index contributed by atoms with van der Waals surface area (Å²) < 4.78 is 19.2. The van der Waals surface area contributed by atoms with Gasteiger partial charge in [0, 0.05) is 10.0 Å². The number of halogens is 3. The lowest BCUT2D eigenvalue weighted by atomic mass is 10.0. The average molecular weight is 344 g/mol. The molecule has 0 saturated heterocycles. The lowest BCUT2D eigenvalue weighted by Gasteiger charge is -2.09. The van der Waals surface area contributed by atoms with Gasteiger partial charge in [-0.25, -0.2) is 4.39 Å². The van der Waals surface area contributed by atoms with Crippen LogP contribution >= 0.6 is 27.5 Å². The first-order valence-electron chi connectivity index (χ1n) is 5.36. The van der Waals surface area contributed by atoms with Crippen molar-refractivity contribution in [1.82, 2.24) is 0 Å². The second-order valence-corrected chi connectivity index (χ2v) is 5.12. The van der Waals surface area contributed by atoms with Crippen molar-refractivity contribution in [2.24, 2.45) is 0 Å². The predicted octanol–water partition coefficient (Wildman–Crippen LogP) is 4.48. The van der Waals surface area contributed by atoms with Crippen molar-refractivity contribution in [3.63, 3.8) is 0 Å².